The number of hydrogen-bond donors (Lipinski definition) is 2. The van der Waals surface area contributed by atoms with Gasteiger partial charge in [-0.3, -0.25) is 0 Å². The Morgan fingerprint density at radius 2 is 2.00 bits per heavy atom. The molecule has 1 rings (SSSR count). The highest BCUT2D eigenvalue weighted by atomic mass is 16.7. The normalized spacial score (nSPS) is 35.2. The van der Waals surface area contributed by atoms with Gasteiger partial charge in [-0.1, -0.05) is 6.92 Å². The minimum atomic E-state index is -2.18. The second kappa shape index (κ2) is 3.77. The van der Waals surface area contributed by atoms with Crippen molar-refractivity contribution in [3.63, 3.8) is 0 Å². The lowest BCUT2D eigenvalue weighted by atomic mass is 10.2. The molecule has 6 nitrogen and oxygen atoms in total. The topological polar surface area (TPSA) is 93.1 Å². The molecular formula is C8H10O6. The summed E-state index contributed by atoms with van der Waals surface area (Å²) in [5.41, 5.74) is 0. The van der Waals surface area contributed by atoms with Crippen molar-refractivity contribution in [1.29, 1.82) is 0 Å². The molecule has 0 bridgehead atoms. The van der Waals surface area contributed by atoms with Crippen LogP contribution in [0.3, 0.4) is 0 Å². The van der Waals surface area contributed by atoms with Crippen LogP contribution in [0.2, 0.25) is 0 Å². The van der Waals surface area contributed by atoms with Crippen LogP contribution in [0, 0.1) is 0 Å². The Bertz CT molecular complexity index is 284. The summed E-state index contributed by atoms with van der Waals surface area (Å²) in [7, 11) is 0. The molecule has 0 amide bonds. The minimum Gasteiger partial charge on any atom is -0.425 e. The van der Waals surface area contributed by atoms with Crippen LogP contribution >= 0.6 is 0 Å². The molecule has 14 heavy (non-hydrogen) atoms. The highest BCUT2D eigenvalue weighted by molar-refractivity contribution is 5.92. The van der Waals surface area contributed by atoms with Crippen LogP contribution < -0.4 is 0 Å². The number of rotatable bonds is 1. The van der Waals surface area contributed by atoms with E-state index in [1.165, 1.54) is 6.92 Å². The monoisotopic (exact) mass is 202 g/mol. The Morgan fingerprint density at radius 1 is 1.43 bits per heavy atom. The van der Waals surface area contributed by atoms with Gasteiger partial charge in [-0.15, -0.1) is 0 Å². The summed E-state index contributed by atoms with van der Waals surface area (Å²) in [4.78, 5) is 21.7. The molecule has 1 aliphatic heterocycles. The molecule has 2 atom stereocenters. The van der Waals surface area contributed by atoms with Crippen LogP contribution in [0.5, 0.6) is 0 Å². The lowest BCUT2D eigenvalue weighted by molar-refractivity contribution is -0.301. The second-order valence-electron chi connectivity index (χ2n) is 2.74. The number of cyclic esters (lactones) is 2. The Kier molecular flexibility index (Phi) is 2.87. The predicted octanol–water partition coefficient (Wildman–Crippen LogP) is -0.940. The van der Waals surface area contributed by atoms with E-state index in [0.717, 1.165) is 12.2 Å². The van der Waals surface area contributed by atoms with Crippen LogP contribution in [-0.2, 0) is 19.1 Å². The van der Waals surface area contributed by atoms with Crippen molar-refractivity contribution < 1.29 is 29.3 Å². The van der Waals surface area contributed by atoms with Crippen molar-refractivity contribution >= 4 is 11.9 Å². The van der Waals surface area contributed by atoms with Crippen LogP contribution in [0.15, 0.2) is 12.2 Å². The van der Waals surface area contributed by atoms with E-state index in [1.807, 2.05) is 0 Å². The summed E-state index contributed by atoms with van der Waals surface area (Å²) in [5.74, 6) is -4.01. The predicted molar refractivity (Wildman–Crippen MR) is 42.6 cm³/mol. The highest BCUT2D eigenvalue weighted by Crippen LogP contribution is 2.20. The lowest BCUT2D eigenvalue weighted by Crippen LogP contribution is -2.48. The van der Waals surface area contributed by atoms with E-state index in [4.69, 9.17) is 0 Å². The maximum atomic E-state index is 10.9. The average Bonchev–Trinajstić information content (AvgIpc) is 2.13. The number of esters is 2. The summed E-state index contributed by atoms with van der Waals surface area (Å²) in [5, 5.41) is 18.8. The molecule has 0 fully saturated rings. The van der Waals surface area contributed by atoms with Crippen LogP contribution in [0.4, 0.5) is 0 Å². The first-order valence-corrected chi connectivity index (χ1v) is 4.00. The van der Waals surface area contributed by atoms with Crippen molar-refractivity contribution in [1.82, 2.24) is 0 Å². The highest BCUT2D eigenvalue weighted by Gasteiger charge is 2.41. The summed E-state index contributed by atoms with van der Waals surface area (Å²) in [6, 6.07) is 0. The number of aliphatic hydroxyl groups excluding tert-OH is 1. The van der Waals surface area contributed by atoms with Gasteiger partial charge >= 0.3 is 11.9 Å². The summed E-state index contributed by atoms with van der Waals surface area (Å²) in [6.45, 7) is 1.47. The van der Waals surface area contributed by atoms with E-state index in [0.29, 0.717) is 0 Å². The standard InChI is InChI=1S/C8H10O6/c1-2-8(12)7(11)13-5(9)3-4-6(10)14-8/h3-4,7,11-12H,2H2,1H3/b4-3+. The third kappa shape index (κ3) is 2.09. The Balaban J connectivity index is 2.94. The van der Waals surface area contributed by atoms with Gasteiger partial charge in [0.05, 0.1) is 0 Å². The van der Waals surface area contributed by atoms with Gasteiger partial charge in [0.25, 0.3) is 12.1 Å². The summed E-state index contributed by atoms with van der Waals surface area (Å²) >= 11 is 0. The van der Waals surface area contributed by atoms with Crippen LogP contribution in [0.1, 0.15) is 13.3 Å². The summed E-state index contributed by atoms with van der Waals surface area (Å²) < 4.78 is 8.84. The zero-order chi connectivity index (χ0) is 10.8. The Hall–Kier alpha value is -1.40. The van der Waals surface area contributed by atoms with E-state index in [9.17, 15) is 19.8 Å². The number of hydrogen-bond acceptors (Lipinski definition) is 6. The molecule has 78 valence electrons. The minimum absolute atomic E-state index is 0.0962. The molecule has 0 aromatic carbocycles. The number of aliphatic hydroxyl groups is 2. The van der Waals surface area contributed by atoms with Crippen molar-refractivity contribution in [2.75, 3.05) is 0 Å². The third-order valence-electron chi connectivity index (χ3n) is 1.75. The van der Waals surface area contributed by atoms with E-state index >= 15 is 0 Å². The number of carbonyl (C=O) groups is 2. The fourth-order valence-electron chi connectivity index (χ4n) is 0.883. The third-order valence-corrected chi connectivity index (χ3v) is 1.75. The Morgan fingerprint density at radius 3 is 2.57 bits per heavy atom. The van der Waals surface area contributed by atoms with Crippen LogP contribution in [-0.4, -0.2) is 34.2 Å². The van der Waals surface area contributed by atoms with Gasteiger partial charge in [0.15, 0.2) is 0 Å². The molecule has 0 saturated heterocycles. The fraction of sp³-hybridized carbons (Fsp3) is 0.500. The molecule has 1 aliphatic rings. The first-order chi connectivity index (χ1) is 6.48. The van der Waals surface area contributed by atoms with Gasteiger partial charge in [-0.2, -0.15) is 0 Å². The zero-order valence-corrected chi connectivity index (χ0v) is 7.47. The molecule has 6 heteroatoms. The van der Waals surface area contributed by atoms with Gasteiger partial charge < -0.3 is 19.7 Å². The molecule has 0 aromatic heterocycles. The molecule has 0 aromatic rings. The quantitative estimate of drug-likeness (QED) is 0.533. The van der Waals surface area contributed by atoms with E-state index in [2.05, 4.69) is 9.47 Å². The van der Waals surface area contributed by atoms with Crippen molar-refractivity contribution in [3.8, 4) is 0 Å². The smallest absolute Gasteiger partial charge is 0.333 e. The Labute approximate surface area is 79.7 Å². The molecule has 2 N–H and O–H groups in total. The first kappa shape index (κ1) is 10.7. The number of ether oxygens (including phenoxy) is 2. The molecule has 2 unspecified atom stereocenters. The molecule has 0 aliphatic carbocycles. The summed E-state index contributed by atoms with van der Waals surface area (Å²) in [6.07, 6.45) is -0.356. The van der Waals surface area contributed by atoms with Gasteiger partial charge in [-0.05, 0) is 0 Å². The molecular weight excluding hydrogens is 192 g/mol. The molecule has 1 heterocycles. The van der Waals surface area contributed by atoms with Crippen molar-refractivity contribution in [3.05, 3.63) is 12.2 Å². The van der Waals surface area contributed by atoms with E-state index < -0.39 is 24.0 Å². The van der Waals surface area contributed by atoms with E-state index in [-0.39, 0.29) is 6.42 Å². The largest absolute Gasteiger partial charge is 0.425 e. The van der Waals surface area contributed by atoms with Crippen molar-refractivity contribution in [2.24, 2.45) is 0 Å². The average molecular weight is 202 g/mol. The fourth-order valence-corrected chi connectivity index (χ4v) is 0.883. The van der Waals surface area contributed by atoms with E-state index in [1.54, 1.807) is 0 Å². The number of carbonyl (C=O) groups excluding carboxylic acids is 2. The van der Waals surface area contributed by atoms with Crippen molar-refractivity contribution in [2.45, 2.75) is 25.4 Å². The molecule has 0 spiro atoms. The SMILES string of the molecule is CCC1(O)OC(=O)/C=C/C(=O)OC1O. The van der Waals surface area contributed by atoms with Gasteiger partial charge in [0.2, 0.25) is 0 Å². The maximum absolute atomic E-state index is 10.9. The van der Waals surface area contributed by atoms with Gasteiger partial charge in [0, 0.05) is 18.6 Å². The zero-order valence-electron chi connectivity index (χ0n) is 7.47. The maximum Gasteiger partial charge on any atom is 0.333 e. The van der Waals surface area contributed by atoms with Gasteiger partial charge in [-0.25, -0.2) is 9.59 Å². The molecule has 0 saturated carbocycles. The van der Waals surface area contributed by atoms with Crippen LogP contribution in [0.25, 0.3) is 0 Å². The van der Waals surface area contributed by atoms with Gasteiger partial charge in [0.1, 0.15) is 0 Å². The molecule has 0 radical (unpaired) electrons. The first-order valence-electron chi connectivity index (χ1n) is 4.00. The lowest BCUT2D eigenvalue weighted by Gasteiger charge is -2.30. The second-order valence-corrected chi connectivity index (χ2v) is 2.74.